The van der Waals surface area contributed by atoms with Gasteiger partial charge in [-0.2, -0.15) is 0 Å². The van der Waals surface area contributed by atoms with Crippen LogP contribution in [0, 0.1) is 0 Å². The minimum absolute atomic E-state index is 0.184. The van der Waals surface area contributed by atoms with Gasteiger partial charge in [-0.3, -0.25) is 0 Å². The third-order valence-corrected chi connectivity index (χ3v) is 4.52. The molecule has 1 aromatic carbocycles. The van der Waals surface area contributed by atoms with E-state index in [-0.39, 0.29) is 5.75 Å². The van der Waals surface area contributed by atoms with Crippen molar-refractivity contribution < 1.29 is 14.6 Å². The maximum Gasteiger partial charge on any atom is 0.179 e. The summed E-state index contributed by atoms with van der Waals surface area (Å²) < 4.78 is 11.6. The van der Waals surface area contributed by atoms with Crippen molar-refractivity contribution in [3.8, 4) is 17.2 Å². The van der Waals surface area contributed by atoms with Crippen LogP contribution in [0.4, 0.5) is 0 Å². The van der Waals surface area contributed by atoms with E-state index in [1.807, 2.05) is 6.07 Å². The van der Waals surface area contributed by atoms with Gasteiger partial charge in [0, 0.05) is 11.1 Å². The van der Waals surface area contributed by atoms with Crippen molar-refractivity contribution in [1.29, 1.82) is 0 Å². The van der Waals surface area contributed by atoms with Crippen LogP contribution in [0.5, 0.6) is 17.2 Å². The maximum absolute atomic E-state index is 10.3. The minimum Gasteiger partial charge on any atom is -0.506 e. The van der Waals surface area contributed by atoms with Crippen LogP contribution >= 0.6 is 15.9 Å². The largest absolute Gasteiger partial charge is 0.506 e. The first-order valence-corrected chi connectivity index (χ1v) is 7.01. The molecule has 1 aromatic rings. The smallest absolute Gasteiger partial charge is 0.179 e. The molecule has 0 unspecified atom stereocenters. The molecule has 1 heterocycles. The van der Waals surface area contributed by atoms with Crippen LogP contribution in [0.1, 0.15) is 31.2 Å². The fraction of sp³-hybridized carbons (Fsp3) is 0.538. The molecule has 0 saturated heterocycles. The summed E-state index contributed by atoms with van der Waals surface area (Å²) in [5, 5.41) is 10.3. The Balaban J connectivity index is 2.13. The molecule has 0 amide bonds. The van der Waals surface area contributed by atoms with Gasteiger partial charge < -0.3 is 20.3 Å². The van der Waals surface area contributed by atoms with Gasteiger partial charge in [-0.1, -0.05) is 12.8 Å². The SMILES string of the molecule is NC1(c2cc3c(c(Br)c2O)OCCO3)CCCC1. The van der Waals surface area contributed by atoms with E-state index in [1.54, 1.807) is 0 Å². The summed E-state index contributed by atoms with van der Waals surface area (Å²) in [4.78, 5) is 0. The van der Waals surface area contributed by atoms with E-state index >= 15 is 0 Å². The van der Waals surface area contributed by atoms with E-state index in [0.29, 0.717) is 29.2 Å². The second-order valence-electron chi connectivity index (χ2n) is 4.97. The Morgan fingerprint density at radius 1 is 1.22 bits per heavy atom. The van der Waals surface area contributed by atoms with E-state index in [0.717, 1.165) is 31.2 Å². The summed E-state index contributed by atoms with van der Waals surface area (Å²) in [5.41, 5.74) is 6.72. The van der Waals surface area contributed by atoms with Gasteiger partial charge in [-0.25, -0.2) is 0 Å². The number of phenolic OH excluding ortho intramolecular Hbond substituents is 1. The zero-order valence-corrected chi connectivity index (χ0v) is 11.6. The molecule has 4 nitrogen and oxygen atoms in total. The average Bonchev–Trinajstić information content (AvgIpc) is 2.82. The van der Waals surface area contributed by atoms with Gasteiger partial charge >= 0.3 is 0 Å². The Morgan fingerprint density at radius 2 is 1.89 bits per heavy atom. The molecule has 98 valence electrons. The summed E-state index contributed by atoms with van der Waals surface area (Å²) in [6.07, 6.45) is 3.99. The Morgan fingerprint density at radius 3 is 2.61 bits per heavy atom. The van der Waals surface area contributed by atoms with E-state index in [1.165, 1.54) is 0 Å². The molecule has 0 radical (unpaired) electrons. The van der Waals surface area contributed by atoms with E-state index < -0.39 is 5.54 Å². The van der Waals surface area contributed by atoms with Crippen LogP contribution < -0.4 is 15.2 Å². The van der Waals surface area contributed by atoms with Crippen molar-refractivity contribution in [3.05, 3.63) is 16.1 Å². The Labute approximate surface area is 114 Å². The average molecular weight is 314 g/mol. The molecule has 0 bridgehead atoms. The number of benzene rings is 1. The Bertz CT molecular complexity index is 484. The van der Waals surface area contributed by atoms with Crippen LogP contribution in [0.3, 0.4) is 0 Å². The van der Waals surface area contributed by atoms with Crippen molar-refractivity contribution >= 4 is 15.9 Å². The lowest BCUT2D eigenvalue weighted by molar-refractivity contribution is 0.168. The van der Waals surface area contributed by atoms with Crippen molar-refractivity contribution in [2.24, 2.45) is 5.73 Å². The number of phenols is 1. The molecule has 1 aliphatic carbocycles. The number of rotatable bonds is 1. The molecule has 5 heteroatoms. The zero-order valence-electron chi connectivity index (χ0n) is 10.0. The highest BCUT2D eigenvalue weighted by molar-refractivity contribution is 9.10. The van der Waals surface area contributed by atoms with Gasteiger partial charge in [0.15, 0.2) is 11.5 Å². The summed E-state index contributed by atoms with van der Waals surface area (Å²) in [6, 6.07) is 1.83. The molecule has 1 aliphatic heterocycles. The van der Waals surface area contributed by atoms with Crippen LogP contribution in [0.15, 0.2) is 10.5 Å². The first-order chi connectivity index (χ1) is 8.62. The highest BCUT2D eigenvalue weighted by Gasteiger charge is 2.36. The number of aromatic hydroxyl groups is 1. The molecule has 2 aliphatic rings. The van der Waals surface area contributed by atoms with Crippen molar-refractivity contribution in [2.45, 2.75) is 31.2 Å². The van der Waals surface area contributed by atoms with E-state index in [9.17, 15) is 5.11 Å². The third kappa shape index (κ3) is 1.77. The molecule has 1 fully saturated rings. The topological polar surface area (TPSA) is 64.7 Å². The second kappa shape index (κ2) is 4.31. The summed E-state index contributed by atoms with van der Waals surface area (Å²) in [7, 11) is 0. The van der Waals surface area contributed by atoms with Gasteiger partial charge in [0.25, 0.3) is 0 Å². The first-order valence-electron chi connectivity index (χ1n) is 6.22. The van der Waals surface area contributed by atoms with Crippen LogP contribution in [0.2, 0.25) is 0 Å². The molecule has 1 saturated carbocycles. The second-order valence-corrected chi connectivity index (χ2v) is 5.77. The first kappa shape index (κ1) is 12.1. The Hall–Kier alpha value is -0.940. The van der Waals surface area contributed by atoms with Gasteiger partial charge in [0.05, 0.1) is 0 Å². The number of ether oxygens (including phenoxy) is 2. The fourth-order valence-corrected chi connectivity index (χ4v) is 3.31. The van der Waals surface area contributed by atoms with Crippen molar-refractivity contribution in [3.63, 3.8) is 0 Å². The van der Waals surface area contributed by atoms with E-state index in [2.05, 4.69) is 15.9 Å². The van der Waals surface area contributed by atoms with E-state index in [4.69, 9.17) is 15.2 Å². The highest BCUT2D eigenvalue weighted by Crippen LogP contribution is 2.50. The van der Waals surface area contributed by atoms with Crippen LogP contribution in [-0.4, -0.2) is 18.3 Å². The fourth-order valence-electron chi connectivity index (χ4n) is 2.79. The predicted molar refractivity (Wildman–Crippen MR) is 71.1 cm³/mol. The minimum atomic E-state index is -0.442. The van der Waals surface area contributed by atoms with Crippen LogP contribution in [0.25, 0.3) is 0 Å². The number of nitrogens with two attached hydrogens (primary N) is 1. The van der Waals surface area contributed by atoms with Gasteiger partial charge in [-0.15, -0.1) is 0 Å². The number of halogens is 1. The Kier molecular flexibility index (Phi) is 2.90. The molecular formula is C13H16BrNO3. The number of hydrogen-bond acceptors (Lipinski definition) is 4. The lowest BCUT2D eigenvalue weighted by Gasteiger charge is -2.28. The molecule has 0 atom stereocenters. The van der Waals surface area contributed by atoms with Gasteiger partial charge in [0.1, 0.15) is 23.4 Å². The molecule has 3 N–H and O–H groups in total. The van der Waals surface area contributed by atoms with Crippen molar-refractivity contribution in [1.82, 2.24) is 0 Å². The maximum atomic E-state index is 10.3. The zero-order chi connectivity index (χ0) is 12.8. The standard InChI is InChI=1S/C13H16BrNO3/c14-10-11(16)8(13(15)3-1-2-4-13)7-9-12(10)18-6-5-17-9/h7,16H,1-6,15H2. The summed E-state index contributed by atoms with van der Waals surface area (Å²) in [6.45, 7) is 1.03. The highest BCUT2D eigenvalue weighted by atomic mass is 79.9. The quantitative estimate of drug-likeness (QED) is 0.836. The van der Waals surface area contributed by atoms with Gasteiger partial charge in [-0.05, 0) is 34.8 Å². The number of hydrogen-bond donors (Lipinski definition) is 2. The summed E-state index contributed by atoms with van der Waals surface area (Å²) >= 11 is 3.38. The third-order valence-electron chi connectivity index (χ3n) is 3.78. The molecule has 0 spiro atoms. The predicted octanol–water partition coefficient (Wildman–Crippen LogP) is 2.65. The normalized spacial score (nSPS) is 21.0. The van der Waals surface area contributed by atoms with Gasteiger partial charge in [0.2, 0.25) is 0 Å². The van der Waals surface area contributed by atoms with Crippen LogP contribution in [-0.2, 0) is 5.54 Å². The molecule has 3 rings (SSSR count). The van der Waals surface area contributed by atoms with Crippen molar-refractivity contribution in [2.75, 3.05) is 13.2 Å². The monoisotopic (exact) mass is 313 g/mol. The lowest BCUT2D eigenvalue weighted by Crippen LogP contribution is -2.33. The summed E-state index contributed by atoms with van der Waals surface area (Å²) in [5.74, 6) is 1.42. The molecule has 18 heavy (non-hydrogen) atoms. The lowest BCUT2D eigenvalue weighted by atomic mass is 9.88. The number of fused-ring (bicyclic) bond motifs is 1. The molecular weight excluding hydrogens is 298 g/mol. The molecule has 0 aromatic heterocycles.